The summed E-state index contributed by atoms with van der Waals surface area (Å²) in [6, 6.07) is 3.71. The van der Waals surface area contributed by atoms with Crippen molar-refractivity contribution in [1.82, 2.24) is 33.7 Å². The Hall–Kier alpha value is -3.66. The van der Waals surface area contributed by atoms with Gasteiger partial charge in [-0.2, -0.15) is 17.0 Å². The van der Waals surface area contributed by atoms with Crippen LogP contribution in [0.2, 0.25) is 0 Å². The Morgan fingerprint density at radius 3 is 2.36 bits per heavy atom. The van der Waals surface area contributed by atoms with Crippen LogP contribution in [0.4, 0.5) is 10.2 Å². The first-order valence-corrected chi connectivity index (χ1v) is 22.9. The van der Waals surface area contributed by atoms with E-state index in [4.69, 9.17) is 4.74 Å². The zero-order chi connectivity index (χ0) is 41.6. The number of ether oxygens (including phenoxy) is 1. The zero-order valence-electron chi connectivity index (χ0n) is 35.4. The summed E-state index contributed by atoms with van der Waals surface area (Å²) in [5.74, 6) is 1.49. The standard InChI is InChI=1S/C43H65FN8O5S/c1-7-33(6)10-8-9-11-40(53)47-36-16-21-51(27-36)58(55,56)50-19-14-34(15-20-50)26-48-22-17-43(18-23-48)28-49(29-43)41-39(25-45-30-46-41)57-38-13-12-35(44)24-37(38)42(54)52(31(2)3)32(4)5/h9,11-13,24-25,30-34,36H,7-8,10,14-23,26-29H2,1-6H3,(H,47,53)/b11-9+/t33?,36-/m1/s1. The average molecular weight is 825 g/mol. The number of amides is 2. The summed E-state index contributed by atoms with van der Waals surface area (Å²) in [5.41, 5.74) is 0.342. The summed E-state index contributed by atoms with van der Waals surface area (Å²) < 4.78 is 51.1. The minimum atomic E-state index is -3.57. The Bertz CT molecular complexity index is 1850. The van der Waals surface area contributed by atoms with Gasteiger partial charge in [-0.25, -0.2) is 14.4 Å². The topological polar surface area (TPSA) is 132 Å². The summed E-state index contributed by atoms with van der Waals surface area (Å²) in [6.45, 7) is 18.6. The van der Waals surface area contributed by atoms with Crippen molar-refractivity contribution in [1.29, 1.82) is 0 Å². The van der Waals surface area contributed by atoms with Crippen LogP contribution in [-0.2, 0) is 15.0 Å². The van der Waals surface area contributed by atoms with E-state index >= 15 is 0 Å². The number of nitrogens with one attached hydrogen (secondary N) is 1. The van der Waals surface area contributed by atoms with Gasteiger partial charge in [-0.05, 0) is 122 Å². The molecule has 5 heterocycles. The van der Waals surface area contributed by atoms with Gasteiger partial charge in [0, 0.05) is 69.4 Å². The van der Waals surface area contributed by atoms with Crippen LogP contribution in [0, 0.1) is 23.1 Å². The summed E-state index contributed by atoms with van der Waals surface area (Å²) in [6.07, 6.45) is 14.1. The maximum atomic E-state index is 14.4. The highest BCUT2D eigenvalue weighted by atomic mass is 32.2. The molecule has 1 spiro atoms. The predicted octanol–water partition coefficient (Wildman–Crippen LogP) is 6.10. The maximum Gasteiger partial charge on any atom is 0.282 e. The molecule has 0 aliphatic carbocycles. The van der Waals surface area contributed by atoms with Crippen LogP contribution in [0.15, 0.2) is 42.9 Å². The first kappa shape index (κ1) is 43.9. The normalized spacial score (nSPS) is 21.5. The highest BCUT2D eigenvalue weighted by molar-refractivity contribution is 7.86. The molecule has 4 aliphatic heterocycles. The van der Waals surface area contributed by atoms with Crippen molar-refractivity contribution in [3.05, 3.63) is 54.3 Å². The van der Waals surface area contributed by atoms with E-state index in [1.54, 1.807) is 25.8 Å². The molecule has 1 unspecified atom stereocenters. The number of piperidine rings is 2. The van der Waals surface area contributed by atoms with Crippen LogP contribution >= 0.6 is 0 Å². The SMILES string of the molecule is CCC(C)CC/C=C/C(=O)N[C@@H]1CCN(S(=O)(=O)N2CCC(CN3CCC4(CC3)CN(c3ncncc3Oc3ccc(F)cc3C(=O)N(C(C)C)C(C)C)C4)CC2)C1. The summed E-state index contributed by atoms with van der Waals surface area (Å²) >= 11 is 0. The second kappa shape index (κ2) is 19.2. The van der Waals surface area contributed by atoms with Crippen LogP contribution in [0.1, 0.15) is 103 Å². The molecule has 320 valence electrons. The third-order valence-electron chi connectivity index (χ3n) is 12.7. The number of carbonyl (C=O) groups is 2. The lowest BCUT2D eigenvalue weighted by Gasteiger charge is -2.54. The molecule has 6 rings (SSSR count). The van der Waals surface area contributed by atoms with Gasteiger partial charge >= 0.3 is 0 Å². The second-order valence-corrected chi connectivity index (χ2v) is 19.6. The fraction of sp³-hybridized carbons (Fsp3) is 0.674. The third-order valence-corrected chi connectivity index (χ3v) is 14.7. The summed E-state index contributed by atoms with van der Waals surface area (Å²) in [4.78, 5) is 41.3. The van der Waals surface area contributed by atoms with Crippen LogP contribution in [0.5, 0.6) is 11.5 Å². The molecule has 13 nitrogen and oxygen atoms in total. The fourth-order valence-corrected chi connectivity index (χ4v) is 10.8. The van der Waals surface area contributed by atoms with E-state index in [9.17, 15) is 22.4 Å². The Morgan fingerprint density at radius 1 is 1.00 bits per heavy atom. The van der Waals surface area contributed by atoms with Crippen molar-refractivity contribution in [2.45, 2.75) is 111 Å². The minimum Gasteiger partial charge on any atom is -0.451 e. The van der Waals surface area contributed by atoms with E-state index in [1.807, 2.05) is 33.8 Å². The molecule has 15 heteroatoms. The molecule has 2 atom stereocenters. The van der Waals surface area contributed by atoms with Gasteiger partial charge in [0.25, 0.3) is 16.1 Å². The van der Waals surface area contributed by atoms with Crippen molar-refractivity contribution in [2.24, 2.45) is 17.3 Å². The highest BCUT2D eigenvalue weighted by Gasteiger charge is 2.46. The number of rotatable bonds is 16. The van der Waals surface area contributed by atoms with Gasteiger partial charge in [-0.1, -0.05) is 26.3 Å². The molecule has 4 saturated heterocycles. The van der Waals surface area contributed by atoms with Gasteiger partial charge in [0.2, 0.25) is 5.91 Å². The molecule has 0 bridgehead atoms. The van der Waals surface area contributed by atoms with E-state index in [0.717, 1.165) is 77.7 Å². The molecular weight excluding hydrogens is 760 g/mol. The number of likely N-dealkylation sites (tertiary alicyclic amines) is 1. The predicted molar refractivity (Wildman–Crippen MR) is 224 cm³/mol. The van der Waals surface area contributed by atoms with Crippen molar-refractivity contribution in [3.63, 3.8) is 0 Å². The monoisotopic (exact) mass is 824 g/mol. The van der Waals surface area contributed by atoms with Gasteiger partial charge in [-0.15, -0.1) is 0 Å². The van der Waals surface area contributed by atoms with E-state index < -0.39 is 16.0 Å². The number of hydrogen-bond acceptors (Lipinski definition) is 9. The number of allylic oxidation sites excluding steroid dienone is 1. The quantitative estimate of drug-likeness (QED) is 0.200. The summed E-state index contributed by atoms with van der Waals surface area (Å²) in [7, 11) is -3.57. The molecule has 2 aromatic rings. The van der Waals surface area contributed by atoms with Crippen molar-refractivity contribution in [2.75, 3.05) is 63.8 Å². The molecule has 0 radical (unpaired) electrons. The van der Waals surface area contributed by atoms with Gasteiger partial charge in [0.05, 0.1) is 11.8 Å². The van der Waals surface area contributed by atoms with E-state index in [0.29, 0.717) is 56.0 Å². The first-order chi connectivity index (χ1) is 27.7. The second-order valence-electron chi connectivity index (χ2n) is 17.7. The molecule has 1 aromatic heterocycles. The summed E-state index contributed by atoms with van der Waals surface area (Å²) in [5, 5.41) is 3.00. The Morgan fingerprint density at radius 2 is 1.69 bits per heavy atom. The van der Waals surface area contributed by atoms with Gasteiger partial charge in [0.15, 0.2) is 11.6 Å². The van der Waals surface area contributed by atoms with Crippen LogP contribution in [0.25, 0.3) is 0 Å². The number of anilines is 1. The minimum absolute atomic E-state index is 0.0752. The molecule has 0 saturated carbocycles. The zero-order valence-corrected chi connectivity index (χ0v) is 36.2. The van der Waals surface area contributed by atoms with Gasteiger partial charge in [-0.3, -0.25) is 9.59 Å². The van der Waals surface area contributed by atoms with Crippen LogP contribution in [0.3, 0.4) is 0 Å². The van der Waals surface area contributed by atoms with Crippen molar-refractivity contribution >= 4 is 27.8 Å². The van der Waals surface area contributed by atoms with Crippen molar-refractivity contribution in [3.8, 4) is 11.5 Å². The Balaban J connectivity index is 0.945. The third kappa shape index (κ3) is 10.6. The average Bonchev–Trinajstić information content (AvgIpc) is 3.66. The highest BCUT2D eigenvalue weighted by Crippen LogP contribution is 2.45. The molecule has 58 heavy (non-hydrogen) atoms. The molecular formula is C43H65FN8O5S. The lowest BCUT2D eigenvalue weighted by Crippen LogP contribution is -2.61. The van der Waals surface area contributed by atoms with Crippen molar-refractivity contribution < 1.29 is 27.1 Å². The number of benzene rings is 1. The first-order valence-electron chi connectivity index (χ1n) is 21.5. The number of halogens is 1. The van der Waals surface area contributed by atoms with Crippen LogP contribution in [-0.4, -0.2) is 126 Å². The number of aromatic nitrogens is 2. The fourth-order valence-electron chi connectivity index (χ4n) is 9.07. The molecule has 1 N–H and O–H groups in total. The Labute approximate surface area is 345 Å². The molecule has 2 amide bonds. The van der Waals surface area contributed by atoms with Crippen LogP contribution < -0.4 is 15.0 Å². The van der Waals surface area contributed by atoms with E-state index in [-0.39, 0.29) is 46.7 Å². The smallest absolute Gasteiger partial charge is 0.282 e. The molecule has 4 fully saturated rings. The lowest BCUT2D eigenvalue weighted by atomic mass is 9.72. The largest absolute Gasteiger partial charge is 0.451 e. The molecule has 4 aliphatic rings. The maximum absolute atomic E-state index is 14.4. The van der Waals surface area contributed by atoms with Gasteiger partial charge in [0.1, 0.15) is 17.9 Å². The number of nitrogens with zero attached hydrogens (tertiary/aromatic N) is 7. The Kier molecular flexibility index (Phi) is 14.5. The van der Waals surface area contributed by atoms with E-state index in [2.05, 4.69) is 38.9 Å². The number of carbonyl (C=O) groups excluding carboxylic acids is 2. The number of hydrogen-bond donors (Lipinski definition) is 1. The van der Waals surface area contributed by atoms with Gasteiger partial charge < -0.3 is 24.8 Å². The lowest BCUT2D eigenvalue weighted by molar-refractivity contribution is -0.117. The van der Waals surface area contributed by atoms with E-state index in [1.165, 1.54) is 24.5 Å². The molecule has 1 aromatic carbocycles.